The molecule has 1 nitrogen and oxygen atoms in total. The molecule has 0 radical (unpaired) electrons. The lowest BCUT2D eigenvalue weighted by Gasteiger charge is -1.95. The minimum atomic E-state index is 1.04. The number of hydrogen-bond donors (Lipinski definition) is 1. The second kappa shape index (κ2) is 7.41. The van der Waals surface area contributed by atoms with Crippen LogP contribution >= 0.6 is 0 Å². The summed E-state index contributed by atoms with van der Waals surface area (Å²) in [5.74, 6) is 0. The maximum Gasteiger partial charge on any atom is -0.00564 e. The quantitative estimate of drug-likeness (QED) is 0.640. The lowest BCUT2D eigenvalue weighted by molar-refractivity contribution is 0.905. The van der Waals surface area contributed by atoms with Crippen molar-refractivity contribution < 1.29 is 0 Å². The Morgan fingerprint density at radius 2 is 2.08 bits per heavy atom. The van der Waals surface area contributed by atoms with Crippen LogP contribution in [-0.4, -0.2) is 0 Å². The van der Waals surface area contributed by atoms with Crippen molar-refractivity contribution in [2.24, 2.45) is 5.73 Å². The van der Waals surface area contributed by atoms with E-state index < -0.39 is 0 Å². The third-order valence-electron chi connectivity index (χ3n) is 1.73. The van der Waals surface area contributed by atoms with Gasteiger partial charge in [0, 0.05) is 0 Å². The van der Waals surface area contributed by atoms with Crippen LogP contribution in [0.5, 0.6) is 0 Å². The van der Waals surface area contributed by atoms with Gasteiger partial charge in [-0.3, -0.25) is 0 Å². The molecule has 2 N–H and O–H groups in total. The van der Waals surface area contributed by atoms with Gasteiger partial charge in [0.1, 0.15) is 0 Å². The Morgan fingerprint density at radius 1 is 1.38 bits per heavy atom. The van der Waals surface area contributed by atoms with Gasteiger partial charge < -0.3 is 5.73 Å². The molecule has 0 bridgehead atoms. The van der Waals surface area contributed by atoms with Crippen molar-refractivity contribution in [3.63, 3.8) is 0 Å². The molecule has 13 heavy (non-hydrogen) atoms. The summed E-state index contributed by atoms with van der Waals surface area (Å²) in [6, 6.07) is 0. The van der Waals surface area contributed by atoms with Crippen LogP contribution in [0.15, 0.2) is 48.2 Å². The van der Waals surface area contributed by atoms with Gasteiger partial charge in [0.2, 0.25) is 0 Å². The van der Waals surface area contributed by atoms with Crippen LogP contribution in [0.3, 0.4) is 0 Å². The highest BCUT2D eigenvalue weighted by Gasteiger charge is 1.85. The third-order valence-corrected chi connectivity index (χ3v) is 1.73. The van der Waals surface area contributed by atoms with Gasteiger partial charge >= 0.3 is 0 Å². The molecule has 1 heteroatoms. The van der Waals surface area contributed by atoms with Crippen LogP contribution in [0.1, 0.15) is 26.7 Å². The Kier molecular flexibility index (Phi) is 6.70. The Labute approximate surface area is 81.3 Å². The molecule has 0 unspecified atom stereocenters. The Balaban J connectivity index is 4.34. The molecule has 0 heterocycles. The maximum atomic E-state index is 5.28. The molecule has 0 aromatic heterocycles. The number of hydrogen-bond acceptors (Lipinski definition) is 1. The molecule has 0 spiro atoms. The van der Waals surface area contributed by atoms with Gasteiger partial charge in [-0.05, 0) is 31.2 Å². The summed E-state index contributed by atoms with van der Waals surface area (Å²) >= 11 is 0. The standard InChI is InChI=1S/C12H19N/c1-4-6-11(3)7-8-12(5-2)9-10-13/h5,7-10H,2,4,6,13H2,1,3H3/b10-9+,11-7+,12-8-. The van der Waals surface area contributed by atoms with E-state index in [2.05, 4.69) is 26.5 Å². The minimum Gasteiger partial charge on any atom is -0.405 e. The number of rotatable bonds is 5. The zero-order valence-corrected chi connectivity index (χ0v) is 8.59. The average molecular weight is 177 g/mol. The first kappa shape index (κ1) is 11.8. The fourth-order valence-electron chi connectivity index (χ4n) is 1.02. The molecule has 0 saturated carbocycles. The predicted molar refractivity (Wildman–Crippen MR) is 60.3 cm³/mol. The zero-order chi connectivity index (χ0) is 10.1. The first-order chi connectivity index (χ1) is 6.24. The smallest absolute Gasteiger partial charge is 0.00564 e. The number of nitrogens with two attached hydrogens (primary N) is 1. The lowest BCUT2D eigenvalue weighted by atomic mass is 10.1. The molecule has 0 fully saturated rings. The molecule has 72 valence electrons. The van der Waals surface area contributed by atoms with Crippen molar-refractivity contribution in [1.29, 1.82) is 0 Å². The SMILES string of the molecule is C=CC(=C/C=C(\C)CCC)/C=C/N. The summed E-state index contributed by atoms with van der Waals surface area (Å²) in [6.45, 7) is 8.01. The summed E-state index contributed by atoms with van der Waals surface area (Å²) in [7, 11) is 0. The summed E-state index contributed by atoms with van der Waals surface area (Å²) in [6.07, 6.45) is 11.6. The second-order valence-corrected chi connectivity index (χ2v) is 2.99. The topological polar surface area (TPSA) is 26.0 Å². The molecule has 0 aromatic carbocycles. The molecule has 0 saturated heterocycles. The minimum absolute atomic E-state index is 1.04. The summed E-state index contributed by atoms with van der Waals surface area (Å²) in [4.78, 5) is 0. The Hall–Kier alpha value is -1.24. The molecular weight excluding hydrogens is 158 g/mol. The second-order valence-electron chi connectivity index (χ2n) is 2.99. The van der Waals surface area contributed by atoms with Gasteiger partial charge in [-0.2, -0.15) is 0 Å². The van der Waals surface area contributed by atoms with E-state index >= 15 is 0 Å². The zero-order valence-electron chi connectivity index (χ0n) is 8.59. The van der Waals surface area contributed by atoms with Crippen LogP contribution in [0.25, 0.3) is 0 Å². The van der Waals surface area contributed by atoms with Gasteiger partial charge in [-0.15, -0.1) is 0 Å². The van der Waals surface area contributed by atoms with E-state index in [1.54, 1.807) is 6.08 Å². The van der Waals surface area contributed by atoms with Crippen molar-refractivity contribution >= 4 is 0 Å². The molecule has 0 amide bonds. The molecular formula is C12H19N. The Bertz CT molecular complexity index is 232. The van der Waals surface area contributed by atoms with E-state index in [0.29, 0.717) is 0 Å². The Morgan fingerprint density at radius 3 is 2.54 bits per heavy atom. The summed E-state index contributed by atoms with van der Waals surface area (Å²) < 4.78 is 0. The maximum absolute atomic E-state index is 5.28. The molecule has 0 aromatic rings. The normalized spacial score (nSPS) is 13.7. The fourth-order valence-corrected chi connectivity index (χ4v) is 1.02. The summed E-state index contributed by atoms with van der Waals surface area (Å²) in [5.41, 5.74) is 7.70. The number of allylic oxidation sites excluding steroid dienone is 6. The first-order valence-electron chi connectivity index (χ1n) is 4.62. The third kappa shape index (κ3) is 5.97. The van der Waals surface area contributed by atoms with Gasteiger partial charge in [0.05, 0.1) is 0 Å². The van der Waals surface area contributed by atoms with Gasteiger partial charge in [0.15, 0.2) is 0 Å². The molecule has 0 aliphatic rings. The highest BCUT2D eigenvalue weighted by molar-refractivity contribution is 5.33. The molecule has 0 aliphatic carbocycles. The largest absolute Gasteiger partial charge is 0.405 e. The fraction of sp³-hybridized carbons (Fsp3) is 0.333. The first-order valence-corrected chi connectivity index (χ1v) is 4.62. The van der Waals surface area contributed by atoms with Crippen LogP contribution in [0, 0.1) is 0 Å². The van der Waals surface area contributed by atoms with Crippen LogP contribution in [0.2, 0.25) is 0 Å². The van der Waals surface area contributed by atoms with Crippen LogP contribution < -0.4 is 5.73 Å². The summed E-state index contributed by atoms with van der Waals surface area (Å²) in [5, 5.41) is 0. The van der Waals surface area contributed by atoms with Gasteiger partial charge in [-0.1, -0.05) is 43.7 Å². The lowest BCUT2D eigenvalue weighted by Crippen LogP contribution is -1.78. The van der Waals surface area contributed by atoms with Crippen molar-refractivity contribution in [1.82, 2.24) is 0 Å². The van der Waals surface area contributed by atoms with Crippen LogP contribution in [0.4, 0.5) is 0 Å². The van der Waals surface area contributed by atoms with Gasteiger partial charge in [0.25, 0.3) is 0 Å². The average Bonchev–Trinajstić information content (AvgIpc) is 2.12. The van der Waals surface area contributed by atoms with Crippen molar-refractivity contribution in [2.75, 3.05) is 0 Å². The van der Waals surface area contributed by atoms with Crippen molar-refractivity contribution in [3.8, 4) is 0 Å². The highest BCUT2D eigenvalue weighted by Crippen LogP contribution is 2.05. The van der Waals surface area contributed by atoms with Crippen molar-refractivity contribution in [3.05, 3.63) is 48.2 Å². The van der Waals surface area contributed by atoms with Crippen LogP contribution in [-0.2, 0) is 0 Å². The van der Waals surface area contributed by atoms with E-state index in [4.69, 9.17) is 5.73 Å². The van der Waals surface area contributed by atoms with E-state index in [-0.39, 0.29) is 0 Å². The van der Waals surface area contributed by atoms with Crippen molar-refractivity contribution in [2.45, 2.75) is 26.7 Å². The monoisotopic (exact) mass is 177 g/mol. The molecule has 0 aliphatic heterocycles. The van der Waals surface area contributed by atoms with E-state index in [9.17, 15) is 0 Å². The molecule has 0 rings (SSSR count). The molecule has 0 atom stereocenters. The predicted octanol–water partition coefficient (Wildman–Crippen LogP) is 3.32. The van der Waals surface area contributed by atoms with Gasteiger partial charge in [-0.25, -0.2) is 0 Å². The van der Waals surface area contributed by atoms with E-state index in [0.717, 1.165) is 12.0 Å². The highest BCUT2D eigenvalue weighted by atomic mass is 14.5. The van der Waals surface area contributed by atoms with E-state index in [1.807, 2.05) is 12.2 Å². The van der Waals surface area contributed by atoms with E-state index in [1.165, 1.54) is 18.2 Å².